The van der Waals surface area contributed by atoms with Gasteiger partial charge in [0.25, 0.3) is 0 Å². The molecular formula is C16H22N4. The smallest absolute Gasteiger partial charge is 0.128 e. The molecule has 0 amide bonds. The molecule has 0 aliphatic carbocycles. The topological polar surface area (TPSA) is 47.1 Å². The Morgan fingerprint density at radius 2 is 2.20 bits per heavy atom. The summed E-state index contributed by atoms with van der Waals surface area (Å²) in [5.74, 6) is 1.14. The first kappa shape index (κ1) is 13.2. The fourth-order valence-electron chi connectivity index (χ4n) is 2.91. The molecule has 2 aromatic rings. The van der Waals surface area contributed by atoms with E-state index in [0.717, 1.165) is 31.9 Å². The average Bonchev–Trinajstić information content (AvgIpc) is 2.85. The van der Waals surface area contributed by atoms with E-state index in [-0.39, 0.29) is 6.04 Å². The van der Waals surface area contributed by atoms with E-state index in [0.29, 0.717) is 0 Å². The zero-order chi connectivity index (χ0) is 14.1. The number of imidazole rings is 1. The van der Waals surface area contributed by atoms with Crippen LogP contribution in [0.5, 0.6) is 0 Å². The standard InChI is InChI=1S/C16H22N4/c1-12-3-4-15(14(9-12)10-13(2)17)20-8-7-19-6-5-18-16(19)11-20/h3-6,9,13H,7-8,10-11,17H2,1-2H3. The largest absolute Gasteiger partial charge is 0.362 e. The maximum absolute atomic E-state index is 6.00. The van der Waals surface area contributed by atoms with E-state index in [4.69, 9.17) is 5.73 Å². The summed E-state index contributed by atoms with van der Waals surface area (Å²) in [6, 6.07) is 6.86. The van der Waals surface area contributed by atoms with Crippen molar-refractivity contribution in [2.75, 3.05) is 11.4 Å². The number of hydrogen-bond acceptors (Lipinski definition) is 3. The van der Waals surface area contributed by atoms with Gasteiger partial charge in [-0.15, -0.1) is 0 Å². The summed E-state index contributed by atoms with van der Waals surface area (Å²) in [4.78, 5) is 6.85. The van der Waals surface area contributed by atoms with Crippen molar-refractivity contribution in [2.24, 2.45) is 5.73 Å². The molecule has 3 rings (SSSR count). The van der Waals surface area contributed by atoms with Gasteiger partial charge >= 0.3 is 0 Å². The number of nitrogens with zero attached hydrogens (tertiary/aromatic N) is 3. The highest BCUT2D eigenvalue weighted by Crippen LogP contribution is 2.26. The van der Waals surface area contributed by atoms with E-state index < -0.39 is 0 Å². The number of anilines is 1. The second-order valence-electron chi connectivity index (χ2n) is 5.77. The number of benzene rings is 1. The summed E-state index contributed by atoms with van der Waals surface area (Å²) < 4.78 is 2.23. The van der Waals surface area contributed by atoms with Gasteiger partial charge in [-0.3, -0.25) is 0 Å². The van der Waals surface area contributed by atoms with E-state index in [1.807, 2.05) is 6.20 Å². The first-order valence-electron chi connectivity index (χ1n) is 7.23. The van der Waals surface area contributed by atoms with Crippen LogP contribution in [0, 0.1) is 6.92 Å². The molecule has 1 aromatic heterocycles. The quantitative estimate of drug-likeness (QED) is 0.929. The zero-order valence-electron chi connectivity index (χ0n) is 12.2. The number of aryl methyl sites for hydroxylation is 1. The maximum Gasteiger partial charge on any atom is 0.128 e. The molecule has 0 spiro atoms. The van der Waals surface area contributed by atoms with Gasteiger partial charge < -0.3 is 15.2 Å². The number of rotatable bonds is 3. The van der Waals surface area contributed by atoms with Crippen molar-refractivity contribution in [1.29, 1.82) is 0 Å². The molecule has 0 bridgehead atoms. The third-order valence-corrected chi connectivity index (χ3v) is 3.86. The van der Waals surface area contributed by atoms with E-state index in [9.17, 15) is 0 Å². The molecule has 1 aliphatic rings. The summed E-state index contributed by atoms with van der Waals surface area (Å²) in [6.45, 7) is 7.10. The molecular weight excluding hydrogens is 248 g/mol. The van der Waals surface area contributed by atoms with Crippen LogP contribution in [0.25, 0.3) is 0 Å². The Kier molecular flexibility index (Phi) is 3.49. The molecule has 4 nitrogen and oxygen atoms in total. The van der Waals surface area contributed by atoms with Crippen LogP contribution in [-0.4, -0.2) is 22.1 Å². The Morgan fingerprint density at radius 1 is 1.35 bits per heavy atom. The minimum atomic E-state index is 0.183. The number of nitrogens with two attached hydrogens (primary N) is 1. The molecule has 1 aromatic carbocycles. The first-order valence-corrected chi connectivity index (χ1v) is 7.23. The summed E-state index contributed by atoms with van der Waals surface area (Å²) in [7, 11) is 0. The van der Waals surface area contributed by atoms with Crippen molar-refractivity contribution in [1.82, 2.24) is 9.55 Å². The van der Waals surface area contributed by atoms with Crippen LogP contribution in [0.1, 0.15) is 23.9 Å². The van der Waals surface area contributed by atoms with Crippen LogP contribution in [0.15, 0.2) is 30.6 Å². The monoisotopic (exact) mass is 270 g/mol. The highest BCUT2D eigenvalue weighted by molar-refractivity contribution is 5.55. The van der Waals surface area contributed by atoms with Crippen LogP contribution in [0.3, 0.4) is 0 Å². The molecule has 20 heavy (non-hydrogen) atoms. The van der Waals surface area contributed by atoms with Crippen LogP contribution in [-0.2, 0) is 19.5 Å². The summed E-state index contributed by atoms with van der Waals surface area (Å²) in [6.07, 6.45) is 4.86. The Bertz CT molecular complexity index is 600. The highest BCUT2D eigenvalue weighted by atomic mass is 15.2. The normalized spacial score (nSPS) is 16.1. The van der Waals surface area contributed by atoms with Crippen molar-refractivity contribution in [3.63, 3.8) is 0 Å². The van der Waals surface area contributed by atoms with E-state index in [2.05, 4.69) is 52.7 Å². The van der Waals surface area contributed by atoms with Gasteiger partial charge in [-0.25, -0.2) is 4.98 Å². The number of hydrogen-bond donors (Lipinski definition) is 1. The lowest BCUT2D eigenvalue weighted by Crippen LogP contribution is -2.34. The molecule has 1 unspecified atom stereocenters. The second-order valence-corrected chi connectivity index (χ2v) is 5.77. The molecule has 1 aliphatic heterocycles. The number of aromatic nitrogens is 2. The molecule has 0 fully saturated rings. The Labute approximate surface area is 120 Å². The maximum atomic E-state index is 6.00. The lowest BCUT2D eigenvalue weighted by molar-refractivity contribution is 0.558. The first-order chi connectivity index (χ1) is 9.63. The number of fused-ring (bicyclic) bond motifs is 1. The summed E-state index contributed by atoms with van der Waals surface area (Å²) >= 11 is 0. The molecule has 4 heteroatoms. The van der Waals surface area contributed by atoms with Crippen LogP contribution < -0.4 is 10.6 Å². The average molecular weight is 270 g/mol. The molecule has 0 radical (unpaired) electrons. The van der Waals surface area contributed by atoms with Gasteiger partial charge in [0, 0.05) is 37.2 Å². The molecule has 1 atom stereocenters. The van der Waals surface area contributed by atoms with Crippen molar-refractivity contribution in [3.8, 4) is 0 Å². The van der Waals surface area contributed by atoms with Gasteiger partial charge in [-0.1, -0.05) is 17.7 Å². The van der Waals surface area contributed by atoms with E-state index in [1.165, 1.54) is 16.8 Å². The van der Waals surface area contributed by atoms with Gasteiger partial charge in [0.05, 0.1) is 6.54 Å². The fraction of sp³-hybridized carbons (Fsp3) is 0.438. The molecule has 106 valence electrons. The molecule has 0 saturated carbocycles. The molecule has 0 saturated heterocycles. The van der Waals surface area contributed by atoms with Gasteiger partial charge in [0.15, 0.2) is 0 Å². The minimum absolute atomic E-state index is 0.183. The summed E-state index contributed by atoms with van der Waals surface area (Å²) in [5.41, 5.74) is 9.95. The van der Waals surface area contributed by atoms with E-state index in [1.54, 1.807) is 0 Å². The Balaban J connectivity index is 1.90. The fourth-order valence-corrected chi connectivity index (χ4v) is 2.91. The predicted molar refractivity (Wildman–Crippen MR) is 81.8 cm³/mol. The van der Waals surface area contributed by atoms with Gasteiger partial charge in [0.2, 0.25) is 0 Å². The molecule has 2 N–H and O–H groups in total. The SMILES string of the molecule is Cc1ccc(N2CCn3ccnc3C2)c(CC(C)N)c1. The van der Waals surface area contributed by atoms with Crippen LogP contribution in [0.4, 0.5) is 5.69 Å². The van der Waals surface area contributed by atoms with Crippen molar-refractivity contribution in [2.45, 2.75) is 39.4 Å². The highest BCUT2D eigenvalue weighted by Gasteiger charge is 2.19. The molecule has 2 heterocycles. The van der Waals surface area contributed by atoms with Gasteiger partial charge in [-0.2, -0.15) is 0 Å². The zero-order valence-corrected chi connectivity index (χ0v) is 12.2. The summed E-state index contributed by atoms with van der Waals surface area (Å²) in [5, 5.41) is 0. The van der Waals surface area contributed by atoms with E-state index >= 15 is 0 Å². The third kappa shape index (κ3) is 2.56. The Morgan fingerprint density at radius 3 is 3.00 bits per heavy atom. The van der Waals surface area contributed by atoms with Crippen LogP contribution in [0.2, 0.25) is 0 Å². The minimum Gasteiger partial charge on any atom is -0.362 e. The van der Waals surface area contributed by atoms with Crippen molar-refractivity contribution < 1.29 is 0 Å². The Hall–Kier alpha value is -1.81. The van der Waals surface area contributed by atoms with Crippen molar-refractivity contribution in [3.05, 3.63) is 47.5 Å². The lowest BCUT2D eigenvalue weighted by Gasteiger charge is -2.31. The van der Waals surface area contributed by atoms with Crippen molar-refractivity contribution >= 4 is 5.69 Å². The van der Waals surface area contributed by atoms with Crippen LogP contribution >= 0.6 is 0 Å². The lowest BCUT2D eigenvalue weighted by atomic mass is 10.0. The van der Waals surface area contributed by atoms with Gasteiger partial charge in [0.1, 0.15) is 5.82 Å². The van der Waals surface area contributed by atoms with Gasteiger partial charge in [-0.05, 0) is 31.9 Å². The second kappa shape index (κ2) is 5.29. The predicted octanol–water partition coefficient (Wildman–Crippen LogP) is 2.10. The third-order valence-electron chi connectivity index (χ3n) is 3.86.